The van der Waals surface area contributed by atoms with E-state index in [9.17, 15) is 8.42 Å². The number of sulfonamides is 1. The zero-order valence-corrected chi connectivity index (χ0v) is 13.3. The Labute approximate surface area is 120 Å². The van der Waals surface area contributed by atoms with Crippen molar-refractivity contribution in [1.82, 2.24) is 4.31 Å². The summed E-state index contributed by atoms with van der Waals surface area (Å²) in [7, 11) is -1.77. The van der Waals surface area contributed by atoms with Crippen molar-refractivity contribution < 1.29 is 8.42 Å². The Balaban J connectivity index is 2.89. The summed E-state index contributed by atoms with van der Waals surface area (Å²) < 4.78 is 26.3. The molecule has 0 fully saturated rings. The fourth-order valence-electron chi connectivity index (χ4n) is 1.67. The van der Waals surface area contributed by atoms with Gasteiger partial charge in [-0.05, 0) is 43.0 Å². The summed E-state index contributed by atoms with van der Waals surface area (Å²) in [5.74, 6) is 0.952. The van der Waals surface area contributed by atoms with Gasteiger partial charge < -0.3 is 5.73 Å². The standard InChI is InChI=1S/C13H22N2O2S2/c1-11(8-9-18-3)15(2)19(16,17)13-6-4-12(10-14)5-7-13/h4-7,11H,8-10,14H2,1-3H3. The third kappa shape index (κ3) is 4.21. The first-order valence-electron chi connectivity index (χ1n) is 6.19. The maximum atomic E-state index is 12.4. The van der Waals surface area contributed by atoms with Crippen LogP contribution in [0.4, 0.5) is 0 Å². The van der Waals surface area contributed by atoms with Crippen LogP contribution >= 0.6 is 11.8 Å². The average Bonchev–Trinajstić information content (AvgIpc) is 2.43. The molecule has 1 atom stereocenters. The average molecular weight is 302 g/mol. The third-order valence-corrected chi connectivity index (χ3v) is 5.83. The summed E-state index contributed by atoms with van der Waals surface area (Å²) in [5.41, 5.74) is 6.44. The van der Waals surface area contributed by atoms with E-state index in [4.69, 9.17) is 5.73 Å². The van der Waals surface area contributed by atoms with E-state index in [0.717, 1.165) is 17.7 Å². The van der Waals surface area contributed by atoms with Gasteiger partial charge in [-0.15, -0.1) is 0 Å². The van der Waals surface area contributed by atoms with Crippen LogP contribution in [-0.4, -0.2) is 37.8 Å². The van der Waals surface area contributed by atoms with E-state index >= 15 is 0 Å². The van der Waals surface area contributed by atoms with Gasteiger partial charge in [0.15, 0.2) is 0 Å². The van der Waals surface area contributed by atoms with Gasteiger partial charge >= 0.3 is 0 Å². The zero-order chi connectivity index (χ0) is 14.5. The highest BCUT2D eigenvalue weighted by Gasteiger charge is 2.24. The Morgan fingerprint density at radius 2 is 1.89 bits per heavy atom. The molecule has 0 aliphatic rings. The van der Waals surface area contributed by atoms with Gasteiger partial charge in [0.05, 0.1) is 4.90 Å². The van der Waals surface area contributed by atoms with Crippen LogP contribution in [0.5, 0.6) is 0 Å². The van der Waals surface area contributed by atoms with Gasteiger partial charge in [0, 0.05) is 19.6 Å². The number of nitrogens with two attached hydrogens (primary N) is 1. The Morgan fingerprint density at radius 3 is 2.37 bits per heavy atom. The predicted molar refractivity (Wildman–Crippen MR) is 81.7 cm³/mol. The molecule has 0 saturated carbocycles. The lowest BCUT2D eigenvalue weighted by Crippen LogP contribution is -2.35. The number of hydrogen-bond acceptors (Lipinski definition) is 4. The maximum Gasteiger partial charge on any atom is 0.243 e. The van der Waals surface area contributed by atoms with Crippen LogP contribution in [0.15, 0.2) is 29.2 Å². The van der Waals surface area contributed by atoms with Crippen molar-refractivity contribution in [2.24, 2.45) is 5.73 Å². The van der Waals surface area contributed by atoms with E-state index in [1.807, 2.05) is 13.2 Å². The molecule has 0 aromatic heterocycles. The Morgan fingerprint density at radius 1 is 1.32 bits per heavy atom. The van der Waals surface area contributed by atoms with Crippen molar-refractivity contribution in [1.29, 1.82) is 0 Å². The fraction of sp³-hybridized carbons (Fsp3) is 0.538. The summed E-state index contributed by atoms with van der Waals surface area (Å²) >= 11 is 1.72. The minimum Gasteiger partial charge on any atom is -0.326 e. The highest BCUT2D eigenvalue weighted by molar-refractivity contribution is 7.98. The first-order chi connectivity index (χ1) is 8.93. The van der Waals surface area contributed by atoms with Crippen molar-refractivity contribution in [3.63, 3.8) is 0 Å². The largest absolute Gasteiger partial charge is 0.326 e. The quantitative estimate of drug-likeness (QED) is 0.835. The van der Waals surface area contributed by atoms with Crippen molar-refractivity contribution in [2.45, 2.75) is 30.8 Å². The molecule has 1 aromatic rings. The summed E-state index contributed by atoms with van der Waals surface area (Å²) in [6.07, 6.45) is 2.87. The molecule has 0 aliphatic heterocycles. The summed E-state index contributed by atoms with van der Waals surface area (Å²) in [6.45, 7) is 2.35. The lowest BCUT2D eigenvalue weighted by atomic mass is 10.2. The van der Waals surface area contributed by atoms with Gasteiger partial charge in [0.1, 0.15) is 0 Å². The molecular weight excluding hydrogens is 280 g/mol. The first-order valence-corrected chi connectivity index (χ1v) is 9.03. The lowest BCUT2D eigenvalue weighted by molar-refractivity contribution is 0.382. The normalized spacial score (nSPS) is 13.7. The van der Waals surface area contributed by atoms with Gasteiger partial charge in [0.25, 0.3) is 0 Å². The van der Waals surface area contributed by atoms with E-state index < -0.39 is 10.0 Å². The summed E-state index contributed by atoms with van der Waals surface area (Å²) in [5, 5.41) is 0. The van der Waals surface area contributed by atoms with Crippen LogP contribution in [0.1, 0.15) is 18.9 Å². The maximum absolute atomic E-state index is 12.4. The molecule has 19 heavy (non-hydrogen) atoms. The van der Waals surface area contributed by atoms with Crippen molar-refractivity contribution in [3.05, 3.63) is 29.8 Å². The number of rotatable bonds is 7. The second-order valence-corrected chi connectivity index (χ2v) is 7.48. The SMILES string of the molecule is CSCCC(C)N(C)S(=O)(=O)c1ccc(CN)cc1. The van der Waals surface area contributed by atoms with Crippen LogP contribution in [0, 0.1) is 0 Å². The number of hydrogen-bond donors (Lipinski definition) is 1. The topological polar surface area (TPSA) is 63.4 Å². The van der Waals surface area contributed by atoms with Crippen molar-refractivity contribution in [2.75, 3.05) is 19.1 Å². The molecule has 0 bridgehead atoms. The van der Waals surface area contributed by atoms with Crippen LogP contribution in [0.2, 0.25) is 0 Å². The highest BCUT2D eigenvalue weighted by atomic mass is 32.2. The molecule has 2 N–H and O–H groups in total. The summed E-state index contributed by atoms with van der Waals surface area (Å²) in [6, 6.07) is 6.75. The van der Waals surface area contributed by atoms with Crippen LogP contribution < -0.4 is 5.73 Å². The monoisotopic (exact) mass is 302 g/mol. The number of thioether (sulfide) groups is 1. The highest BCUT2D eigenvalue weighted by Crippen LogP contribution is 2.19. The molecule has 1 unspecified atom stereocenters. The smallest absolute Gasteiger partial charge is 0.243 e. The van der Waals surface area contributed by atoms with E-state index in [-0.39, 0.29) is 6.04 Å². The third-order valence-electron chi connectivity index (χ3n) is 3.20. The second-order valence-electron chi connectivity index (χ2n) is 4.50. The predicted octanol–water partition coefficient (Wildman–Crippen LogP) is 1.91. The molecule has 0 saturated heterocycles. The molecule has 1 rings (SSSR count). The van der Waals surface area contributed by atoms with Crippen LogP contribution in [0.25, 0.3) is 0 Å². The van der Waals surface area contributed by atoms with Gasteiger partial charge in [-0.2, -0.15) is 16.1 Å². The fourth-order valence-corrected chi connectivity index (χ4v) is 3.64. The van der Waals surface area contributed by atoms with Gasteiger partial charge in [0.2, 0.25) is 10.0 Å². The van der Waals surface area contributed by atoms with Crippen molar-refractivity contribution in [3.8, 4) is 0 Å². The first kappa shape index (κ1) is 16.5. The second kappa shape index (κ2) is 7.28. The van der Waals surface area contributed by atoms with E-state index in [1.165, 1.54) is 4.31 Å². The minimum atomic E-state index is -3.41. The Kier molecular flexibility index (Phi) is 6.32. The van der Waals surface area contributed by atoms with Crippen LogP contribution in [-0.2, 0) is 16.6 Å². The van der Waals surface area contributed by atoms with E-state index in [1.54, 1.807) is 43.1 Å². The van der Waals surface area contributed by atoms with Gasteiger partial charge in [-0.25, -0.2) is 8.42 Å². The number of benzene rings is 1. The molecule has 108 valence electrons. The molecule has 4 nitrogen and oxygen atoms in total. The zero-order valence-electron chi connectivity index (χ0n) is 11.7. The van der Waals surface area contributed by atoms with E-state index in [2.05, 4.69) is 0 Å². The Bertz CT molecular complexity index is 486. The van der Waals surface area contributed by atoms with E-state index in [0.29, 0.717) is 11.4 Å². The molecular formula is C13H22N2O2S2. The molecule has 0 radical (unpaired) electrons. The van der Waals surface area contributed by atoms with Crippen molar-refractivity contribution >= 4 is 21.8 Å². The Hall–Kier alpha value is -0.560. The molecule has 0 amide bonds. The van der Waals surface area contributed by atoms with Gasteiger partial charge in [-0.3, -0.25) is 0 Å². The van der Waals surface area contributed by atoms with Gasteiger partial charge in [-0.1, -0.05) is 12.1 Å². The minimum absolute atomic E-state index is 0.00775. The molecule has 0 heterocycles. The number of nitrogens with zero attached hydrogens (tertiary/aromatic N) is 1. The molecule has 0 aliphatic carbocycles. The summed E-state index contributed by atoms with van der Waals surface area (Å²) in [4.78, 5) is 0.322. The molecule has 0 spiro atoms. The molecule has 1 aromatic carbocycles. The molecule has 6 heteroatoms. The van der Waals surface area contributed by atoms with Crippen LogP contribution in [0.3, 0.4) is 0 Å². The lowest BCUT2D eigenvalue weighted by Gasteiger charge is -2.24.